The van der Waals surface area contributed by atoms with Crippen molar-refractivity contribution < 1.29 is 47.6 Å². The van der Waals surface area contributed by atoms with Crippen LogP contribution in [-0.2, 0) is 30.3 Å². The Hall–Kier alpha value is -4.95. The number of methoxy groups -OCH3 is 1. The van der Waals surface area contributed by atoms with Gasteiger partial charge in [-0.3, -0.25) is 10.1 Å². The molecule has 2 fully saturated rings. The van der Waals surface area contributed by atoms with E-state index in [1.54, 1.807) is 30.2 Å². The number of carbonyl (C=O) groups is 1. The Balaban J connectivity index is 1.21. The van der Waals surface area contributed by atoms with Crippen molar-refractivity contribution in [2.24, 2.45) is 0 Å². The molecule has 6 rings (SSSR count). The third kappa shape index (κ3) is 10.7. The SMILES string of the molecule is COc1cc(CO[C@H]2CN(C(=O)OC(C)(C)C)C[C@@H](OC[C@H]3COC(C)(C)O3)[C@@H]2c2ccc(OCCCOc3ccccc3[N+](=O)[O-])cc2)cc2ccccc12. The molecule has 0 aromatic heterocycles. The maximum Gasteiger partial charge on any atom is 0.410 e. The maximum absolute atomic E-state index is 13.6. The molecule has 0 aliphatic carbocycles. The van der Waals surface area contributed by atoms with Crippen molar-refractivity contribution in [1.29, 1.82) is 0 Å². The Morgan fingerprint density at radius 1 is 0.911 bits per heavy atom. The summed E-state index contributed by atoms with van der Waals surface area (Å²) in [7, 11) is 1.66. The Labute approximate surface area is 327 Å². The predicted octanol–water partition coefficient (Wildman–Crippen LogP) is 8.06. The zero-order chi connectivity index (χ0) is 39.9. The first kappa shape index (κ1) is 40.7. The number of rotatable bonds is 15. The summed E-state index contributed by atoms with van der Waals surface area (Å²) in [6, 6.07) is 26.2. The third-order valence-electron chi connectivity index (χ3n) is 9.53. The number of benzene rings is 4. The van der Waals surface area contributed by atoms with Gasteiger partial charge in [0, 0.05) is 23.8 Å². The van der Waals surface area contributed by atoms with E-state index in [1.807, 2.05) is 89.2 Å². The van der Waals surface area contributed by atoms with E-state index in [4.69, 9.17) is 37.9 Å². The number of nitrogens with zero attached hydrogens (tertiary/aromatic N) is 2. The van der Waals surface area contributed by atoms with Crippen LogP contribution in [0.1, 0.15) is 58.1 Å². The second-order valence-corrected chi connectivity index (χ2v) is 15.4. The lowest BCUT2D eigenvalue weighted by Gasteiger charge is -2.44. The lowest BCUT2D eigenvalue weighted by molar-refractivity contribution is -0.385. The highest BCUT2D eigenvalue weighted by Gasteiger charge is 2.43. The Kier molecular flexibility index (Phi) is 13.0. The molecule has 0 saturated carbocycles. The molecule has 0 bridgehead atoms. The monoisotopic (exact) mass is 772 g/mol. The topological polar surface area (TPSA) is 137 Å². The van der Waals surface area contributed by atoms with Gasteiger partial charge in [-0.25, -0.2) is 4.79 Å². The van der Waals surface area contributed by atoms with Crippen molar-refractivity contribution in [3.63, 3.8) is 0 Å². The number of para-hydroxylation sites is 2. The van der Waals surface area contributed by atoms with Gasteiger partial charge >= 0.3 is 11.8 Å². The minimum absolute atomic E-state index is 0.0737. The summed E-state index contributed by atoms with van der Waals surface area (Å²) in [6.45, 7) is 11.4. The standard InChI is InChI=1S/C43H52N2O11/c1-42(2,3)56-41(46)44-24-38(52-26-29-22-31-12-7-8-13-34(31)37(23-29)49-6)40(39(25-44)53-27-33-28-54-43(4,5)55-33)30-16-18-32(19-17-30)50-20-11-21-51-36-15-10-9-14-35(36)45(47)48/h7-10,12-19,22-23,33,38-40H,11,20-21,24-28H2,1-6H3/t33-,38-,39+,40+/m0/s1. The lowest BCUT2D eigenvalue weighted by Crippen LogP contribution is -2.55. The van der Waals surface area contributed by atoms with Crippen molar-refractivity contribution in [1.82, 2.24) is 4.90 Å². The van der Waals surface area contributed by atoms with Gasteiger partial charge in [-0.05, 0) is 81.5 Å². The van der Waals surface area contributed by atoms with Gasteiger partial charge in [-0.1, -0.05) is 48.5 Å². The molecule has 2 heterocycles. The molecule has 2 saturated heterocycles. The quantitative estimate of drug-likeness (QED) is 0.0659. The number of amides is 1. The van der Waals surface area contributed by atoms with Crippen LogP contribution < -0.4 is 14.2 Å². The number of hydrogen-bond donors (Lipinski definition) is 0. The molecule has 4 atom stereocenters. The number of nitro benzene ring substituents is 1. The van der Waals surface area contributed by atoms with Crippen LogP contribution in [0, 0.1) is 10.1 Å². The van der Waals surface area contributed by atoms with Gasteiger partial charge in [0.15, 0.2) is 11.5 Å². The molecule has 2 aliphatic rings. The summed E-state index contributed by atoms with van der Waals surface area (Å²) in [6.07, 6.45) is -1.17. The van der Waals surface area contributed by atoms with E-state index in [0.717, 1.165) is 27.6 Å². The highest BCUT2D eigenvalue weighted by molar-refractivity contribution is 5.89. The number of ether oxygens (including phenoxy) is 8. The molecule has 2 aliphatic heterocycles. The van der Waals surface area contributed by atoms with Gasteiger partial charge in [-0.2, -0.15) is 0 Å². The number of fused-ring (bicyclic) bond motifs is 1. The van der Waals surface area contributed by atoms with E-state index in [9.17, 15) is 14.9 Å². The summed E-state index contributed by atoms with van der Waals surface area (Å²) in [5.41, 5.74) is 1.12. The summed E-state index contributed by atoms with van der Waals surface area (Å²) >= 11 is 0. The van der Waals surface area contributed by atoms with E-state index < -0.39 is 34.6 Å². The number of piperidine rings is 1. The fourth-order valence-electron chi connectivity index (χ4n) is 7.01. The minimum Gasteiger partial charge on any atom is -0.496 e. The summed E-state index contributed by atoms with van der Waals surface area (Å²) in [5.74, 6) is 0.640. The highest BCUT2D eigenvalue weighted by Crippen LogP contribution is 2.37. The third-order valence-corrected chi connectivity index (χ3v) is 9.53. The lowest BCUT2D eigenvalue weighted by atomic mass is 9.84. The van der Waals surface area contributed by atoms with Gasteiger partial charge < -0.3 is 42.8 Å². The summed E-state index contributed by atoms with van der Waals surface area (Å²) < 4.78 is 48.6. The molecule has 0 spiro atoms. The van der Waals surface area contributed by atoms with Crippen LogP contribution in [0.4, 0.5) is 10.5 Å². The number of carbonyl (C=O) groups excluding carboxylic acids is 1. The molecule has 56 heavy (non-hydrogen) atoms. The van der Waals surface area contributed by atoms with Crippen molar-refractivity contribution in [3.8, 4) is 17.2 Å². The zero-order valence-electron chi connectivity index (χ0n) is 32.9. The normalized spacial score (nSPS) is 20.8. The average Bonchev–Trinajstić information content (AvgIpc) is 3.53. The fraction of sp³-hybridized carbons (Fsp3) is 0.465. The van der Waals surface area contributed by atoms with Crippen LogP contribution in [0.25, 0.3) is 10.8 Å². The smallest absolute Gasteiger partial charge is 0.410 e. The van der Waals surface area contributed by atoms with E-state index >= 15 is 0 Å². The first-order chi connectivity index (χ1) is 26.8. The van der Waals surface area contributed by atoms with Gasteiger partial charge in [0.2, 0.25) is 0 Å². The largest absolute Gasteiger partial charge is 0.496 e. The molecule has 0 unspecified atom stereocenters. The summed E-state index contributed by atoms with van der Waals surface area (Å²) in [4.78, 5) is 26.1. The highest BCUT2D eigenvalue weighted by atomic mass is 16.7. The van der Waals surface area contributed by atoms with Gasteiger partial charge in [-0.15, -0.1) is 0 Å². The Bertz CT molecular complexity index is 1940. The fourth-order valence-corrected chi connectivity index (χ4v) is 7.01. The molecule has 4 aromatic rings. The first-order valence-corrected chi connectivity index (χ1v) is 19.0. The van der Waals surface area contributed by atoms with Crippen LogP contribution in [0.15, 0.2) is 84.9 Å². The molecule has 0 radical (unpaired) electrons. The van der Waals surface area contributed by atoms with Gasteiger partial charge in [0.25, 0.3) is 0 Å². The molecule has 4 aromatic carbocycles. The van der Waals surface area contributed by atoms with E-state index in [1.165, 1.54) is 6.07 Å². The number of likely N-dealkylation sites (tertiary alicyclic amines) is 1. The van der Waals surface area contributed by atoms with Crippen molar-refractivity contribution in [2.45, 2.75) is 83.3 Å². The molecule has 13 heteroatoms. The molecule has 0 N–H and O–H groups in total. The predicted molar refractivity (Wildman–Crippen MR) is 209 cm³/mol. The van der Waals surface area contributed by atoms with Crippen LogP contribution in [0.2, 0.25) is 0 Å². The second-order valence-electron chi connectivity index (χ2n) is 15.4. The molecule has 1 amide bonds. The number of hydrogen-bond acceptors (Lipinski definition) is 11. The minimum atomic E-state index is -0.712. The molecule has 300 valence electrons. The van der Waals surface area contributed by atoms with Gasteiger partial charge in [0.1, 0.15) is 23.2 Å². The Morgan fingerprint density at radius 3 is 2.30 bits per heavy atom. The van der Waals surface area contributed by atoms with Crippen molar-refractivity contribution in [3.05, 3.63) is 106 Å². The van der Waals surface area contributed by atoms with Crippen molar-refractivity contribution in [2.75, 3.05) is 46.6 Å². The van der Waals surface area contributed by atoms with Crippen LogP contribution in [0.3, 0.4) is 0 Å². The first-order valence-electron chi connectivity index (χ1n) is 19.0. The second kappa shape index (κ2) is 17.9. The molecular formula is C43H52N2O11. The van der Waals surface area contributed by atoms with E-state index in [2.05, 4.69) is 6.07 Å². The maximum atomic E-state index is 13.6. The number of nitro groups is 1. The van der Waals surface area contributed by atoms with Crippen LogP contribution in [-0.4, -0.2) is 92.2 Å². The summed E-state index contributed by atoms with van der Waals surface area (Å²) in [5, 5.41) is 13.4. The van der Waals surface area contributed by atoms with E-state index in [-0.39, 0.29) is 56.4 Å². The van der Waals surface area contributed by atoms with Crippen LogP contribution >= 0.6 is 0 Å². The Morgan fingerprint density at radius 2 is 1.61 bits per heavy atom. The molecular weight excluding hydrogens is 720 g/mol. The van der Waals surface area contributed by atoms with Gasteiger partial charge in [0.05, 0.1) is 70.4 Å². The zero-order valence-corrected chi connectivity index (χ0v) is 32.9. The molecule has 13 nitrogen and oxygen atoms in total. The van der Waals surface area contributed by atoms with E-state index in [0.29, 0.717) is 25.4 Å². The van der Waals surface area contributed by atoms with Crippen LogP contribution in [0.5, 0.6) is 17.2 Å². The van der Waals surface area contributed by atoms with Crippen molar-refractivity contribution >= 4 is 22.6 Å². The average molecular weight is 773 g/mol.